The highest BCUT2D eigenvalue weighted by Crippen LogP contribution is 2.18. The summed E-state index contributed by atoms with van der Waals surface area (Å²) in [5, 5.41) is 0. The summed E-state index contributed by atoms with van der Waals surface area (Å²) in [5.41, 5.74) is 6.27. The van der Waals surface area contributed by atoms with Crippen LogP contribution in [-0.4, -0.2) is 37.1 Å². The van der Waals surface area contributed by atoms with Crippen LogP contribution >= 0.6 is 0 Å². The molecule has 0 amide bonds. The molecular formula is C15H21FN2O2. The van der Waals surface area contributed by atoms with E-state index < -0.39 is 11.8 Å². The molecule has 1 fully saturated rings. The summed E-state index contributed by atoms with van der Waals surface area (Å²) in [6.45, 7) is 5.05. The maximum atomic E-state index is 13.8. The van der Waals surface area contributed by atoms with E-state index in [0.717, 1.165) is 26.1 Å². The normalized spacial score (nSPS) is 15.5. The van der Waals surface area contributed by atoms with Gasteiger partial charge in [-0.15, -0.1) is 0 Å². The third-order valence-corrected chi connectivity index (χ3v) is 3.55. The minimum Gasteiger partial charge on any atom is -0.462 e. The molecule has 1 aromatic rings. The summed E-state index contributed by atoms with van der Waals surface area (Å²) in [5.74, 6) is -1.19. The number of anilines is 1. The van der Waals surface area contributed by atoms with E-state index in [9.17, 15) is 9.18 Å². The van der Waals surface area contributed by atoms with Gasteiger partial charge in [0.2, 0.25) is 0 Å². The first-order valence-corrected chi connectivity index (χ1v) is 7.03. The number of benzene rings is 1. The average molecular weight is 280 g/mol. The summed E-state index contributed by atoms with van der Waals surface area (Å²) in [4.78, 5) is 14.2. The maximum absolute atomic E-state index is 13.8. The Morgan fingerprint density at radius 3 is 2.80 bits per heavy atom. The monoisotopic (exact) mass is 280 g/mol. The van der Waals surface area contributed by atoms with Crippen molar-refractivity contribution < 1.29 is 13.9 Å². The van der Waals surface area contributed by atoms with Gasteiger partial charge in [-0.2, -0.15) is 0 Å². The highest BCUT2D eigenvalue weighted by molar-refractivity contribution is 5.91. The molecule has 2 N–H and O–H groups in total. The van der Waals surface area contributed by atoms with Crippen molar-refractivity contribution in [3.05, 3.63) is 29.1 Å². The molecule has 0 spiro atoms. The van der Waals surface area contributed by atoms with Crippen LogP contribution in [0.15, 0.2) is 12.1 Å². The molecule has 5 heteroatoms. The van der Waals surface area contributed by atoms with E-state index in [4.69, 9.17) is 10.5 Å². The second-order valence-electron chi connectivity index (χ2n) is 5.24. The molecule has 1 aromatic carbocycles. The number of rotatable bonds is 5. The van der Waals surface area contributed by atoms with Crippen LogP contribution in [0.5, 0.6) is 0 Å². The van der Waals surface area contributed by atoms with Gasteiger partial charge >= 0.3 is 5.97 Å². The fourth-order valence-corrected chi connectivity index (χ4v) is 2.48. The van der Waals surface area contributed by atoms with E-state index in [1.807, 2.05) is 0 Å². The first-order valence-electron chi connectivity index (χ1n) is 7.03. The SMILES string of the molecule is Cc1cc(N)cc(C(=O)OCCCN2CCCC2)c1F. The zero-order valence-corrected chi connectivity index (χ0v) is 11.8. The van der Waals surface area contributed by atoms with Crippen LogP contribution < -0.4 is 5.73 Å². The van der Waals surface area contributed by atoms with Gasteiger partial charge in [0.15, 0.2) is 0 Å². The standard InChI is InChI=1S/C15H21FN2O2/c1-11-9-12(17)10-13(14(11)16)15(19)20-8-4-7-18-5-2-3-6-18/h9-10H,2-8,17H2,1H3. The van der Waals surface area contributed by atoms with Gasteiger partial charge < -0.3 is 15.4 Å². The maximum Gasteiger partial charge on any atom is 0.341 e. The van der Waals surface area contributed by atoms with Gasteiger partial charge in [-0.1, -0.05) is 0 Å². The van der Waals surface area contributed by atoms with Crippen LogP contribution in [0.1, 0.15) is 35.2 Å². The van der Waals surface area contributed by atoms with Crippen LogP contribution in [0.25, 0.3) is 0 Å². The molecule has 0 aliphatic carbocycles. The van der Waals surface area contributed by atoms with Crippen LogP contribution in [0.4, 0.5) is 10.1 Å². The Kier molecular flexibility index (Phi) is 4.95. The van der Waals surface area contributed by atoms with Gasteiger partial charge in [0, 0.05) is 12.2 Å². The molecule has 1 aliphatic rings. The Labute approximate surface area is 118 Å². The topological polar surface area (TPSA) is 55.6 Å². The Morgan fingerprint density at radius 2 is 2.10 bits per heavy atom. The van der Waals surface area contributed by atoms with Gasteiger partial charge in [-0.05, 0) is 57.0 Å². The van der Waals surface area contributed by atoms with Crippen LogP contribution in [-0.2, 0) is 4.74 Å². The lowest BCUT2D eigenvalue weighted by Gasteiger charge is -2.14. The molecule has 0 unspecified atom stereocenters. The van der Waals surface area contributed by atoms with Gasteiger partial charge in [0.25, 0.3) is 0 Å². The van der Waals surface area contributed by atoms with Crippen molar-refractivity contribution in [2.45, 2.75) is 26.2 Å². The number of halogens is 1. The molecule has 0 aromatic heterocycles. The van der Waals surface area contributed by atoms with Crippen molar-refractivity contribution in [3.63, 3.8) is 0 Å². The third kappa shape index (κ3) is 3.70. The molecule has 1 saturated heterocycles. The Balaban J connectivity index is 1.82. The number of likely N-dealkylation sites (tertiary alicyclic amines) is 1. The van der Waals surface area contributed by atoms with E-state index in [-0.39, 0.29) is 5.56 Å². The molecule has 4 nitrogen and oxygen atoms in total. The molecule has 1 aliphatic heterocycles. The zero-order valence-electron chi connectivity index (χ0n) is 11.8. The van der Waals surface area contributed by atoms with Gasteiger partial charge in [0.05, 0.1) is 12.2 Å². The van der Waals surface area contributed by atoms with Crippen molar-refractivity contribution in [2.75, 3.05) is 32.0 Å². The lowest BCUT2D eigenvalue weighted by molar-refractivity contribution is 0.0485. The summed E-state index contributed by atoms with van der Waals surface area (Å²) in [6, 6.07) is 2.82. The number of carbonyl (C=O) groups is 1. The molecule has 110 valence electrons. The van der Waals surface area contributed by atoms with E-state index in [0.29, 0.717) is 17.9 Å². The molecule has 20 heavy (non-hydrogen) atoms. The molecule has 1 heterocycles. The minimum absolute atomic E-state index is 0.0799. The summed E-state index contributed by atoms with van der Waals surface area (Å²) >= 11 is 0. The van der Waals surface area contributed by atoms with Gasteiger partial charge in [-0.3, -0.25) is 0 Å². The molecule has 0 bridgehead atoms. The number of nitrogens with zero attached hydrogens (tertiary/aromatic N) is 1. The number of hydrogen-bond donors (Lipinski definition) is 1. The first kappa shape index (κ1) is 14.8. The third-order valence-electron chi connectivity index (χ3n) is 3.55. The van der Waals surface area contributed by atoms with E-state index in [1.165, 1.54) is 25.0 Å². The Morgan fingerprint density at radius 1 is 1.40 bits per heavy atom. The number of aryl methyl sites for hydroxylation is 1. The average Bonchev–Trinajstić information content (AvgIpc) is 2.91. The predicted molar refractivity (Wildman–Crippen MR) is 76.1 cm³/mol. The predicted octanol–water partition coefficient (Wildman–Crippen LogP) is 2.36. The van der Waals surface area contributed by atoms with Crippen molar-refractivity contribution in [2.24, 2.45) is 0 Å². The second kappa shape index (κ2) is 6.70. The van der Waals surface area contributed by atoms with Gasteiger partial charge in [-0.25, -0.2) is 9.18 Å². The molecule has 2 rings (SSSR count). The largest absolute Gasteiger partial charge is 0.462 e. The summed E-state index contributed by atoms with van der Waals surface area (Å²) < 4.78 is 18.9. The number of hydrogen-bond acceptors (Lipinski definition) is 4. The summed E-state index contributed by atoms with van der Waals surface area (Å²) in [7, 11) is 0. The first-order chi connectivity index (χ1) is 9.58. The highest BCUT2D eigenvalue weighted by Gasteiger charge is 2.16. The van der Waals surface area contributed by atoms with Crippen LogP contribution in [0.3, 0.4) is 0 Å². The molecular weight excluding hydrogens is 259 g/mol. The van der Waals surface area contributed by atoms with Crippen molar-refractivity contribution in [1.29, 1.82) is 0 Å². The Hall–Kier alpha value is -1.62. The van der Waals surface area contributed by atoms with E-state index in [2.05, 4.69) is 4.90 Å². The van der Waals surface area contributed by atoms with Crippen molar-refractivity contribution in [3.8, 4) is 0 Å². The number of nitrogens with two attached hydrogens (primary N) is 1. The molecule has 0 atom stereocenters. The number of esters is 1. The zero-order chi connectivity index (χ0) is 14.5. The van der Waals surface area contributed by atoms with Crippen molar-refractivity contribution >= 4 is 11.7 Å². The molecule has 0 saturated carbocycles. The molecule has 0 radical (unpaired) electrons. The summed E-state index contributed by atoms with van der Waals surface area (Å²) in [6.07, 6.45) is 3.26. The fraction of sp³-hybridized carbons (Fsp3) is 0.533. The smallest absolute Gasteiger partial charge is 0.341 e. The second-order valence-corrected chi connectivity index (χ2v) is 5.24. The van der Waals surface area contributed by atoms with Gasteiger partial charge in [0.1, 0.15) is 5.82 Å². The minimum atomic E-state index is -0.640. The lowest BCUT2D eigenvalue weighted by atomic mass is 10.1. The van der Waals surface area contributed by atoms with Crippen LogP contribution in [0, 0.1) is 12.7 Å². The Bertz CT molecular complexity index is 485. The van der Waals surface area contributed by atoms with E-state index >= 15 is 0 Å². The van der Waals surface area contributed by atoms with Crippen LogP contribution in [0.2, 0.25) is 0 Å². The number of nitrogen functional groups attached to an aromatic ring is 1. The number of carbonyl (C=O) groups excluding carboxylic acids is 1. The highest BCUT2D eigenvalue weighted by atomic mass is 19.1. The van der Waals surface area contributed by atoms with E-state index in [1.54, 1.807) is 6.92 Å². The fourth-order valence-electron chi connectivity index (χ4n) is 2.48. The number of ether oxygens (including phenoxy) is 1. The lowest BCUT2D eigenvalue weighted by Crippen LogP contribution is -2.22. The quantitative estimate of drug-likeness (QED) is 0.511. The van der Waals surface area contributed by atoms with Crippen molar-refractivity contribution in [1.82, 2.24) is 4.90 Å².